The normalized spacial score (nSPS) is 15.7. The van der Waals surface area contributed by atoms with Crippen LogP contribution >= 0.6 is 11.3 Å². The number of aryl methyl sites for hydroxylation is 3. The first kappa shape index (κ1) is 22.9. The minimum absolute atomic E-state index is 0.0201. The highest BCUT2D eigenvalue weighted by atomic mass is 32.2. The van der Waals surface area contributed by atoms with Gasteiger partial charge in [-0.15, -0.1) is 11.3 Å². The number of sulfonamides is 1. The summed E-state index contributed by atoms with van der Waals surface area (Å²) in [7, 11) is -1.63. The Labute approximate surface area is 183 Å². The Hall–Kier alpha value is -1.81. The third kappa shape index (κ3) is 5.26. The van der Waals surface area contributed by atoms with E-state index in [2.05, 4.69) is 11.9 Å². The number of hydrogen-bond acceptors (Lipinski definition) is 6. The Balaban J connectivity index is 1.53. The Bertz CT molecular complexity index is 995. The molecular formula is C21H30N4O3S2. The molecule has 30 heavy (non-hydrogen) atoms. The van der Waals surface area contributed by atoms with E-state index in [1.54, 1.807) is 28.4 Å². The number of benzene rings is 1. The van der Waals surface area contributed by atoms with Crippen LogP contribution < -0.4 is 0 Å². The van der Waals surface area contributed by atoms with Crippen molar-refractivity contribution < 1.29 is 13.2 Å². The van der Waals surface area contributed by atoms with Gasteiger partial charge in [0.2, 0.25) is 15.9 Å². The number of carbonyl (C=O) groups is 1. The van der Waals surface area contributed by atoms with Gasteiger partial charge in [-0.05, 0) is 50.6 Å². The van der Waals surface area contributed by atoms with Gasteiger partial charge in [0.1, 0.15) is 0 Å². The third-order valence-electron chi connectivity index (χ3n) is 5.45. The van der Waals surface area contributed by atoms with Gasteiger partial charge in [0.05, 0.1) is 22.1 Å². The summed E-state index contributed by atoms with van der Waals surface area (Å²) >= 11 is 1.65. The highest BCUT2D eigenvalue weighted by Crippen LogP contribution is 2.20. The van der Waals surface area contributed by atoms with Crippen LogP contribution in [0, 0.1) is 13.8 Å². The van der Waals surface area contributed by atoms with E-state index in [0.29, 0.717) is 44.2 Å². The van der Waals surface area contributed by atoms with Crippen molar-refractivity contribution in [1.29, 1.82) is 0 Å². The Morgan fingerprint density at radius 1 is 1.17 bits per heavy atom. The summed E-state index contributed by atoms with van der Waals surface area (Å²) in [6.45, 7) is 8.33. The molecule has 3 rings (SSSR count). The molecule has 2 aromatic rings. The molecule has 0 spiro atoms. The number of carbonyl (C=O) groups excluding carboxylic acids is 1. The maximum absolute atomic E-state index is 12.9. The predicted octanol–water partition coefficient (Wildman–Crippen LogP) is 2.29. The molecule has 1 amide bonds. The molecule has 164 valence electrons. The lowest BCUT2D eigenvalue weighted by Gasteiger charge is -2.34. The molecule has 1 saturated heterocycles. The zero-order valence-corrected chi connectivity index (χ0v) is 19.7. The van der Waals surface area contributed by atoms with E-state index < -0.39 is 10.0 Å². The minimum Gasteiger partial charge on any atom is -0.339 e. The van der Waals surface area contributed by atoms with Gasteiger partial charge >= 0.3 is 0 Å². The molecule has 0 saturated carbocycles. The van der Waals surface area contributed by atoms with Gasteiger partial charge in [0.15, 0.2) is 0 Å². The second kappa shape index (κ2) is 9.55. The van der Waals surface area contributed by atoms with E-state index in [1.807, 2.05) is 37.2 Å². The van der Waals surface area contributed by atoms with E-state index in [-0.39, 0.29) is 5.91 Å². The summed E-state index contributed by atoms with van der Waals surface area (Å²) in [6, 6.07) is 5.22. The van der Waals surface area contributed by atoms with Crippen molar-refractivity contribution >= 4 is 27.3 Å². The summed E-state index contributed by atoms with van der Waals surface area (Å²) in [4.78, 5) is 21.2. The van der Waals surface area contributed by atoms with Crippen molar-refractivity contribution in [2.45, 2.75) is 38.6 Å². The van der Waals surface area contributed by atoms with Crippen molar-refractivity contribution in [3.8, 4) is 0 Å². The van der Waals surface area contributed by atoms with Gasteiger partial charge in [-0.1, -0.05) is 13.0 Å². The number of aromatic nitrogens is 1. The van der Waals surface area contributed by atoms with Crippen LogP contribution in [0.2, 0.25) is 0 Å². The summed E-state index contributed by atoms with van der Waals surface area (Å²) in [5.74, 6) is 0.0201. The van der Waals surface area contributed by atoms with E-state index >= 15 is 0 Å². The van der Waals surface area contributed by atoms with Crippen LogP contribution in [-0.4, -0.2) is 73.2 Å². The summed E-state index contributed by atoms with van der Waals surface area (Å²) in [5, 5.41) is 3.14. The zero-order chi connectivity index (χ0) is 21.9. The highest BCUT2D eigenvalue weighted by Gasteiger charge is 2.30. The fraction of sp³-hybridized carbons (Fsp3) is 0.524. The molecular weight excluding hydrogens is 420 g/mol. The lowest BCUT2D eigenvalue weighted by Crippen LogP contribution is -2.52. The van der Waals surface area contributed by atoms with Crippen LogP contribution in [0.25, 0.3) is 0 Å². The second-order valence-electron chi connectivity index (χ2n) is 7.79. The van der Waals surface area contributed by atoms with Crippen molar-refractivity contribution in [3.63, 3.8) is 0 Å². The molecule has 0 radical (unpaired) electrons. The fourth-order valence-corrected chi connectivity index (χ4v) is 5.69. The monoisotopic (exact) mass is 450 g/mol. The quantitative estimate of drug-likeness (QED) is 0.647. The summed E-state index contributed by atoms with van der Waals surface area (Å²) < 4.78 is 27.4. The number of hydrogen-bond donors (Lipinski definition) is 0. The molecule has 0 atom stereocenters. The Morgan fingerprint density at radius 2 is 1.87 bits per heavy atom. The molecule has 7 nitrogen and oxygen atoms in total. The summed E-state index contributed by atoms with van der Waals surface area (Å²) in [6.07, 6.45) is 0.919. The molecule has 0 aliphatic carbocycles. The first-order chi connectivity index (χ1) is 14.2. The lowest BCUT2D eigenvalue weighted by molar-refractivity contribution is -0.133. The van der Waals surface area contributed by atoms with Gasteiger partial charge < -0.3 is 4.90 Å². The van der Waals surface area contributed by atoms with E-state index in [9.17, 15) is 13.2 Å². The SMILES string of the molecule is CCc1nc(CN(C)CC(=O)N2CCN(S(=O)(=O)c3ccc(C)c(C)c3)CC2)cs1. The number of rotatable bonds is 7. The second-order valence-corrected chi connectivity index (χ2v) is 10.7. The zero-order valence-electron chi connectivity index (χ0n) is 18.1. The Morgan fingerprint density at radius 3 is 2.47 bits per heavy atom. The number of amides is 1. The fourth-order valence-electron chi connectivity index (χ4n) is 3.45. The average molecular weight is 451 g/mol. The van der Waals surface area contributed by atoms with Gasteiger partial charge in [-0.25, -0.2) is 13.4 Å². The van der Waals surface area contributed by atoms with Crippen LogP contribution in [0.5, 0.6) is 0 Å². The van der Waals surface area contributed by atoms with E-state index in [0.717, 1.165) is 28.2 Å². The maximum atomic E-state index is 12.9. The minimum atomic E-state index is -3.54. The first-order valence-electron chi connectivity index (χ1n) is 10.2. The smallest absolute Gasteiger partial charge is 0.243 e. The molecule has 2 heterocycles. The average Bonchev–Trinajstić information content (AvgIpc) is 3.17. The predicted molar refractivity (Wildman–Crippen MR) is 119 cm³/mol. The number of likely N-dealkylation sites (N-methyl/N-ethyl adjacent to an activating group) is 1. The molecule has 1 fully saturated rings. The Kier molecular flexibility index (Phi) is 7.28. The largest absolute Gasteiger partial charge is 0.339 e. The first-order valence-corrected chi connectivity index (χ1v) is 12.5. The number of piperazine rings is 1. The van der Waals surface area contributed by atoms with Gasteiger partial charge in [-0.2, -0.15) is 4.31 Å². The number of thiazole rings is 1. The molecule has 0 unspecified atom stereocenters. The van der Waals surface area contributed by atoms with Crippen molar-refractivity contribution in [2.75, 3.05) is 39.8 Å². The maximum Gasteiger partial charge on any atom is 0.243 e. The van der Waals surface area contributed by atoms with E-state index in [4.69, 9.17) is 0 Å². The van der Waals surface area contributed by atoms with Gasteiger partial charge in [-0.3, -0.25) is 9.69 Å². The van der Waals surface area contributed by atoms with Crippen LogP contribution in [0.3, 0.4) is 0 Å². The van der Waals surface area contributed by atoms with Crippen LogP contribution in [0.15, 0.2) is 28.5 Å². The van der Waals surface area contributed by atoms with Crippen molar-refractivity contribution in [2.24, 2.45) is 0 Å². The van der Waals surface area contributed by atoms with Crippen LogP contribution in [0.1, 0.15) is 28.8 Å². The molecule has 1 aliphatic rings. The number of nitrogens with zero attached hydrogens (tertiary/aromatic N) is 4. The molecule has 1 aromatic heterocycles. The lowest BCUT2D eigenvalue weighted by atomic mass is 10.1. The molecule has 9 heteroatoms. The third-order valence-corrected chi connectivity index (χ3v) is 8.38. The van der Waals surface area contributed by atoms with Crippen molar-refractivity contribution in [3.05, 3.63) is 45.4 Å². The molecule has 0 bridgehead atoms. The van der Waals surface area contributed by atoms with Crippen LogP contribution in [-0.2, 0) is 27.8 Å². The highest BCUT2D eigenvalue weighted by molar-refractivity contribution is 7.89. The molecule has 1 aromatic carbocycles. The van der Waals surface area contributed by atoms with Crippen molar-refractivity contribution in [1.82, 2.24) is 19.1 Å². The summed E-state index contributed by atoms with van der Waals surface area (Å²) in [5.41, 5.74) is 3.01. The van der Waals surface area contributed by atoms with Gasteiger partial charge in [0, 0.05) is 38.1 Å². The van der Waals surface area contributed by atoms with Gasteiger partial charge in [0.25, 0.3) is 0 Å². The topological polar surface area (TPSA) is 73.8 Å². The molecule has 0 N–H and O–H groups in total. The standard InChI is InChI=1S/C21H30N4O3S2/c1-5-20-22-18(15-29-20)13-23(4)14-21(26)24-8-10-25(11-9-24)30(27,28)19-7-6-16(2)17(3)12-19/h6-7,12,15H,5,8-11,13-14H2,1-4H3. The van der Waals surface area contributed by atoms with E-state index in [1.165, 1.54) is 4.31 Å². The van der Waals surface area contributed by atoms with Crippen LogP contribution in [0.4, 0.5) is 0 Å². The molecule has 1 aliphatic heterocycles.